The Kier molecular flexibility index (Phi) is 5.28. The van der Waals surface area contributed by atoms with Crippen molar-refractivity contribution in [2.24, 2.45) is 0 Å². The maximum Gasteiger partial charge on any atom is 0.291 e. The van der Waals surface area contributed by atoms with Crippen LogP contribution in [0.5, 0.6) is 0 Å². The first kappa shape index (κ1) is 20.1. The lowest BCUT2D eigenvalue weighted by molar-refractivity contribution is -0.0921. The van der Waals surface area contributed by atoms with Crippen LogP contribution in [0.15, 0.2) is 59.5 Å². The smallest absolute Gasteiger partial charge is 0.291 e. The normalized spacial score (nSPS) is 20.1. The van der Waals surface area contributed by atoms with Crippen LogP contribution in [0.2, 0.25) is 0 Å². The molecule has 0 bridgehead atoms. The molecule has 4 aromatic rings. The van der Waals surface area contributed by atoms with Crippen molar-refractivity contribution >= 4 is 11.6 Å². The van der Waals surface area contributed by atoms with Gasteiger partial charge in [-0.2, -0.15) is 10.2 Å². The summed E-state index contributed by atoms with van der Waals surface area (Å²) in [6.07, 6.45) is 5.44. The SMILES string of the molecule is CCO[C@@H]1C[C@H](n2cc(NC(=O)c3ccc(-c4cn[nH]c4)o3)c(-c3ccccn3)n2)C1F. The third-order valence-corrected chi connectivity index (χ3v) is 5.42. The zero-order valence-corrected chi connectivity index (χ0v) is 17.2. The molecule has 4 aromatic heterocycles. The molecule has 1 saturated carbocycles. The number of nitrogens with one attached hydrogen (secondary N) is 2. The summed E-state index contributed by atoms with van der Waals surface area (Å²) >= 11 is 0. The molecule has 1 aliphatic carbocycles. The zero-order chi connectivity index (χ0) is 22.1. The fraction of sp³-hybridized carbons (Fsp3) is 0.273. The molecule has 3 atom stereocenters. The van der Waals surface area contributed by atoms with Gasteiger partial charge in [0.15, 0.2) is 5.76 Å². The van der Waals surface area contributed by atoms with Crippen LogP contribution in [0, 0.1) is 0 Å². The van der Waals surface area contributed by atoms with E-state index in [9.17, 15) is 9.18 Å². The van der Waals surface area contributed by atoms with Gasteiger partial charge in [0.05, 0.1) is 35.3 Å². The molecule has 0 spiro atoms. The number of carbonyl (C=O) groups is 1. The summed E-state index contributed by atoms with van der Waals surface area (Å²) < 4.78 is 27.2. The number of amides is 1. The van der Waals surface area contributed by atoms with Gasteiger partial charge in [-0.1, -0.05) is 6.07 Å². The van der Waals surface area contributed by atoms with Crippen molar-refractivity contribution in [3.05, 3.63) is 60.9 Å². The zero-order valence-electron chi connectivity index (χ0n) is 17.2. The number of aromatic nitrogens is 5. The first-order valence-electron chi connectivity index (χ1n) is 10.3. The lowest BCUT2D eigenvalue weighted by atomic mass is 9.87. The predicted octanol–water partition coefficient (Wildman–Crippen LogP) is 3.87. The van der Waals surface area contributed by atoms with Crippen LogP contribution >= 0.6 is 0 Å². The minimum Gasteiger partial charge on any atom is -0.451 e. The van der Waals surface area contributed by atoms with E-state index in [4.69, 9.17) is 9.15 Å². The van der Waals surface area contributed by atoms with Gasteiger partial charge in [0.25, 0.3) is 5.91 Å². The van der Waals surface area contributed by atoms with Crippen LogP contribution in [0.3, 0.4) is 0 Å². The number of hydrogen-bond acceptors (Lipinski definition) is 6. The molecule has 9 nitrogen and oxygen atoms in total. The van der Waals surface area contributed by atoms with Gasteiger partial charge in [-0.15, -0.1) is 0 Å². The Balaban J connectivity index is 1.41. The highest BCUT2D eigenvalue weighted by Gasteiger charge is 2.44. The largest absolute Gasteiger partial charge is 0.451 e. The third-order valence-electron chi connectivity index (χ3n) is 5.42. The second-order valence-corrected chi connectivity index (χ2v) is 7.43. The number of ether oxygens (including phenoxy) is 1. The maximum atomic E-state index is 14.6. The minimum absolute atomic E-state index is 0.129. The van der Waals surface area contributed by atoms with Crippen LogP contribution in [0.1, 0.15) is 29.9 Å². The van der Waals surface area contributed by atoms with E-state index in [1.807, 2.05) is 13.0 Å². The van der Waals surface area contributed by atoms with Crippen LogP contribution in [-0.4, -0.2) is 49.8 Å². The summed E-state index contributed by atoms with van der Waals surface area (Å²) in [5.41, 5.74) is 2.17. The van der Waals surface area contributed by atoms with Crippen LogP contribution in [0.25, 0.3) is 22.7 Å². The van der Waals surface area contributed by atoms with Gasteiger partial charge in [-0.3, -0.25) is 19.6 Å². The van der Waals surface area contributed by atoms with E-state index in [1.54, 1.807) is 53.7 Å². The highest BCUT2D eigenvalue weighted by molar-refractivity contribution is 6.04. The van der Waals surface area contributed by atoms with E-state index in [1.165, 1.54) is 0 Å². The molecule has 5 rings (SSSR count). The Bertz CT molecular complexity index is 1200. The summed E-state index contributed by atoms with van der Waals surface area (Å²) in [6, 6.07) is 8.20. The second kappa shape index (κ2) is 8.39. The van der Waals surface area contributed by atoms with Gasteiger partial charge < -0.3 is 14.5 Å². The first-order chi connectivity index (χ1) is 15.6. The number of pyridine rings is 1. The molecule has 164 valence electrons. The van der Waals surface area contributed by atoms with E-state index in [2.05, 4.69) is 25.6 Å². The Labute approximate surface area is 182 Å². The number of H-pyrrole nitrogens is 1. The molecule has 2 N–H and O–H groups in total. The summed E-state index contributed by atoms with van der Waals surface area (Å²) in [7, 11) is 0. The van der Waals surface area contributed by atoms with Crippen molar-refractivity contribution in [3.63, 3.8) is 0 Å². The average molecular weight is 436 g/mol. The van der Waals surface area contributed by atoms with Gasteiger partial charge in [0.2, 0.25) is 0 Å². The molecular formula is C22H21FN6O3. The number of halogens is 1. The van der Waals surface area contributed by atoms with Crippen molar-refractivity contribution in [1.82, 2.24) is 25.0 Å². The van der Waals surface area contributed by atoms with E-state index >= 15 is 0 Å². The van der Waals surface area contributed by atoms with Gasteiger partial charge in [0.1, 0.15) is 17.6 Å². The number of aromatic amines is 1. The van der Waals surface area contributed by atoms with Crippen molar-refractivity contribution in [2.45, 2.75) is 31.7 Å². The summed E-state index contributed by atoms with van der Waals surface area (Å²) in [5.74, 6) is 0.194. The lowest BCUT2D eigenvalue weighted by Crippen LogP contribution is -2.46. The molecule has 10 heteroatoms. The van der Waals surface area contributed by atoms with E-state index in [0.29, 0.717) is 35.9 Å². The van der Waals surface area contributed by atoms with E-state index in [-0.39, 0.29) is 5.76 Å². The molecular weight excluding hydrogens is 415 g/mol. The molecule has 0 aromatic carbocycles. The summed E-state index contributed by atoms with van der Waals surface area (Å²) in [6.45, 7) is 2.30. The Morgan fingerprint density at radius 2 is 2.28 bits per heavy atom. The Hall–Kier alpha value is -3.79. The molecule has 0 saturated heterocycles. The average Bonchev–Trinajstić information content (AvgIpc) is 3.57. The van der Waals surface area contributed by atoms with Gasteiger partial charge in [-0.25, -0.2) is 4.39 Å². The Morgan fingerprint density at radius 1 is 1.38 bits per heavy atom. The second-order valence-electron chi connectivity index (χ2n) is 7.43. The number of alkyl halides is 1. The molecule has 4 heterocycles. The highest BCUT2D eigenvalue weighted by atomic mass is 19.1. The van der Waals surface area contributed by atoms with E-state index < -0.39 is 24.2 Å². The van der Waals surface area contributed by atoms with Gasteiger partial charge in [-0.05, 0) is 31.2 Å². The number of furan rings is 1. The van der Waals surface area contributed by atoms with Crippen molar-refractivity contribution < 1.29 is 18.3 Å². The van der Waals surface area contributed by atoms with Crippen molar-refractivity contribution in [3.8, 4) is 22.7 Å². The number of hydrogen-bond donors (Lipinski definition) is 2. The topological polar surface area (TPSA) is 111 Å². The molecule has 1 fully saturated rings. The third kappa shape index (κ3) is 3.69. The number of anilines is 1. The molecule has 1 unspecified atom stereocenters. The quantitative estimate of drug-likeness (QED) is 0.455. The first-order valence-corrected chi connectivity index (χ1v) is 10.3. The number of rotatable bonds is 7. The van der Waals surface area contributed by atoms with Crippen molar-refractivity contribution in [2.75, 3.05) is 11.9 Å². The number of nitrogens with zero attached hydrogens (tertiary/aromatic N) is 4. The minimum atomic E-state index is -1.17. The van der Waals surface area contributed by atoms with Crippen LogP contribution < -0.4 is 5.32 Å². The molecule has 0 aliphatic heterocycles. The van der Waals surface area contributed by atoms with Crippen molar-refractivity contribution in [1.29, 1.82) is 0 Å². The maximum absolute atomic E-state index is 14.6. The molecule has 1 aliphatic rings. The molecule has 0 radical (unpaired) electrons. The molecule has 1 amide bonds. The molecule has 32 heavy (non-hydrogen) atoms. The van der Waals surface area contributed by atoms with Crippen LogP contribution in [-0.2, 0) is 4.74 Å². The number of carbonyl (C=O) groups excluding carboxylic acids is 1. The fourth-order valence-electron chi connectivity index (χ4n) is 3.71. The highest BCUT2D eigenvalue weighted by Crippen LogP contribution is 2.39. The summed E-state index contributed by atoms with van der Waals surface area (Å²) in [4.78, 5) is 17.2. The summed E-state index contributed by atoms with van der Waals surface area (Å²) in [5, 5.41) is 13.9. The lowest BCUT2D eigenvalue weighted by Gasteiger charge is -2.38. The van der Waals surface area contributed by atoms with Crippen LogP contribution in [0.4, 0.5) is 10.1 Å². The standard InChI is InChI=1S/C22H21FN6O3/c1-2-31-19-9-16(20(19)23)29-12-15(21(28-29)14-5-3-4-8-24-14)27-22(30)18-7-6-17(32-18)13-10-25-26-11-13/h3-8,10-12,16,19-20H,2,9H2,1H3,(H,25,26)(H,27,30)/t16-,19+,20?/m0/s1. The fourth-order valence-corrected chi connectivity index (χ4v) is 3.71. The van der Waals surface area contributed by atoms with Gasteiger partial charge >= 0.3 is 0 Å². The van der Waals surface area contributed by atoms with Gasteiger partial charge in [0, 0.05) is 31.6 Å². The van der Waals surface area contributed by atoms with E-state index in [0.717, 1.165) is 5.56 Å². The monoisotopic (exact) mass is 436 g/mol. The Morgan fingerprint density at radius 3 is 3.00 bits per heavy atom. The predicted molar refractivity (Wildman–Crippen MR) is 114 cm³/mol.